The SMILES string of the molecule is CC1(C2CC2)NC(=O)CN(CCc2ccncc2)C1=O. The summed E-state index contributed by atoms with van der Waals surface area (Å²) in [6, 6.07) is 3.88. The van der Waals surface area contributed by atoms with Gasteiger partial charge in [-0.1, -0.05) is 0 Å². The lowest BCUT2D eigenvalue weighted by atomic mass is 9.91. The highest BCUT2D eigenvalue weighted by molar-refractivity contribution is 5.98. The molecule has 0 radical (unpaired) electrons. The third kappa shape index (κ3) is 2.40. The van der Waals surface area contributed by atoms with Gasteiger partial charge in [-0.15, -0.1) is 0 Å². The van der Waals surface area contributed by atoms with Gasteiger partial charge in [0.25, 0.3) is 0 Å². The van der Waals surface area contributed by atoms with Crippen molar-refractivity contribution in [3.8, 4) is 0 Å². The number of rotatable bonds is 4. The van der Waals surface area contributed by atoms with Crippen LogP contribution in [-0.4, -0.2) is 40.3 Å². The Morgan fingerprint density at radius 2 is 2.05 bits per heavy atom. The van der Waals surface area contributed by atoms with Crippen LogP contribution in [0.3, 0.4) is 0 Å². The van der Waals surface area contributed by atoms with Crippen molar-refractivity contribution >= 4 is 11.8 Å². The first-order chi connectivity index (χ1) is 9.59. The van der Waals surface area contributed by atoms with Gasteiger partial charge in [-0.2, -0.15) is 0 Å². The van der Waals surface area contributed by atoms with E-state index in [1.807, 2.05) is 19.1 Å². The van der Waals surface area contributed by atoms with Gasteiger partial charge < -0.3 is 10.2 Å². The van der Waals surface area contributed by atoms with Crippen molar-refractivity contribution < 1.29 is 9.59 Å². The van der Waals surface area contributed by atoms with Gasteiger partial charge in [0, 0.05) is 18.9 Å². The zero-order valence-electron chi connectivity index (χ0n) is 11.6. The fourth-order valence-electron chi connectivity index (χ4n) is 2.89. The lowest BCUT2D eigenvalue weighted by molar-refractivity contribution is -0.150. The molecule has 2 heterocycles. The minimum atomic E-state index is -0.687. The normalized spacial score (nSPS) is 26.6. The maximum atomic E-state index is 12.6. The third-order valence-corrected chi connectivity index (χ3v) is 4.28. The fourth-order valence-corrected chi connectivity index (χ4v) is 2.89. The van der Waals surface area contributed by atoms with E-state index in [-0.39, 0.29) is 18.4 Å². The van der Waals surface area contributed by atoms with E-state index in [0.29, 0.717) is 12.5 Å². The highest BCUT2D eigenvalue weighted by Gasteiger charge is 2.52. The van der Waals surface area contributed by atoms with E-state index in [2.05, 4.69) is 10.3 Å². The highest BCUT2D eigenvalue weighted by atomic mass is 16.2. The molecule has 5 heteroatoms. The maximum absolute atomic E-state index is 12.6. The summed E-state index contributed by atoms with van der Waals surface area (Å²) in [4.78, 5) is 30.1. The van der Waals surface area contributed by atoms with Crippen LogP contribution in [0, 0.1) is 5.92 Å². The molecule has 1 aromatic rings. The molecule has 1 aliphatic carbocycles. The first-order valence-corrected chi connectivity index (χ1v) is 7.09. The summed E-state index contributed by atoms with van der Waals surface area (Å²) in [6.07, 6.45) is 6.30. The number of hydrogen-bond acceptors (Lipinski definition) is 3. The van der Waals surface area contributed by atoms with Crippen molar-refractivity contribution in [1.82, 2.24) is 15.2 Å². The molecule has 2 aliphatic rings. The van der Waals surface area contributed by atoms with Gasteiger partial charge in [0.1, 0.15) is 5.54 Å². The molecule has 0 spiro atoms. The van der Waals surface area contributed by atoms with Crippen molar-refractivity contribution in [3.05, 3.63) is 30.1 Å². The van der Waals surface area contributed by atoms with Crippen LogP contribution >= 0.6 is 0 Å². The molecule has 20 heavy (non-hydrogen) atoms. The van der Waals surface area contributed by atoms with Crippen LogP contribution < -0.4 is 5.32 Å². The largest absolute Gasteiger partial charge is 0.340 e. The van der Waals surface area contributed by atoms with Crippen molar-refractivity contribution in [3.63, 3.8) is 0 Å². The number of piperazine rings is 1. The summed E-state index contributed by atoms with van der Waals surface area (Å²) < 4.78 is 0. The number of pyridine rings is 1. The summed E-state index contributed by atoms with van der Waals surface area (Å²) in [7, 11) is 0. The number of amides is 2. The van der Waals surface area contributed by atoms with Crippen LogP contribution in [0.25, 0.3) is 0 Å². The van der Waals surface area contributed by atoms with E-state index in [1.165, 1.54) is 0 Å². The predicted octanol–water partition coefficient (Wildman–Crippen LogP) is 0.751. The second-order valence-electron chi connectivity index (χ2n) is 5.86. The Hall–Kier alpha value is -1.91. The summed E-state index contributed by atoms with van der Waals surface area (Å²) in [6.45, 7) is 2.62. The molecule has 0 bridgehead atoms. The molecule has 1 saturated carbocycles. The Kier molecular flexibility index (Phi) is 3.20. The molecule has 1 N–H and O–H groups in total. The zero-order valence-corrected chi connectivity index (χ0v) is 11.6. The molecule has 2 fully saturated rings. The summed E-state index contributed by atoms with van der Waals surface area (Å²) >= 11 is 0. The molecule has 0 aromatic carbocycles. The second kappa shape index (κ2) is 4.89. The van der Waals surface area contributed by atoms with Gasteiger partial charge in [-0.25, -0.2) is 0 Å². The fraction of sp³-hybridized carbons (Fsp3) is 0.533. The Morgan fingerprint density at radius 3 is 2.70 bits per heavy atom. The maximum Gasteiger partial charge on any atom is 0.248 e. The molecule has 1 aliphatic heterocycles. The number of hydrogen-bond donors (Lipinski definition) is 1. The van der Waals surface area contributed by atoms with E-state index in [4.69, 9.17) is 0 Å². The van der Waals surface area contributed by atoms with Crippen LogP contribution in [0.15, 0.2) is 24.5 Å². The van der Waals surface area contributed by atoms with Crippen LogP contribution in [0.4, 0.5) is 0 Å². The molecule has 2 amide bonds. The number of nitrogens with one attached hydrogen (secondary N) is 1. The van der Waals surface area contributed by atoms with Gasteiger partial charge in [-0.05, 0) is 49.8 Å². The van der Waals surface area contributed by atoms with Crippen molar-refractivity contribution in [2.24, 2.45) is 5.92 Å². The summed E-state index contributed by atoms with van der Waals surface area (Å²) in [5, 5.41) is 2.89. The van der Waals surface area contributed by atoms with E-state index < -0.39 is 5.54 Å². The van der Waals surface area contributed by atoms with Crippen LogP contribution in [0.1, 0.15) is 25.3 Å². The first-order valence-electron chi connectivity index (χ1n) is 7.09. The minimum Gasteiger partial charge on any atom is -0.340 e. The van der Waals surface area contributed by atoms with Gasteiger partial charge in [0.05, 0.1) is 6.54 Å². The van der Waals surface area contributed by atoms with Crippen molar-refractivity contribution in [2.75, 3.05) is 13.1 Å². The molecule has 5 nitrogen and oxygen atoms in total. The smallest absolute Gasteiger partial charge is 0.248 e. The monoisotopic (exact) mass is 273 g/mol. The predicted molar refractivity (Wildman–Crippen MR) is 73.8 cm³/mol. The van der Waals surface area contributed by atoms with Gasteiger partial charge in [0.15, 0.2) is 0 Å². The van der Waals surface area contributed by atoms with Crippen LogP contribution in [-0.2, 0) is 16.0 Å². The summed E-state index contributed by atoms with van der Waals surface area (Å²) in [5.41, 5.74) is 0.444. The molecule has 1 aromatic heterocycles. The molecule has 3 rings (SSSR count). The first kappa shape index (κ1) is 13.1. The van der Waals surface area contributed by atoms with E-state index >= 15 is 0 Å². The minimum absolute atomic E-state index is 0.0475. The van der Waals surface area contributed by atoms with Crippen LogP contribution in [0.2, 0.25) is 0 Å². The van der Waals surface area contributed by atoms with Crippen molar-refractivity contribution in [2.45, 2.75) is 31.7 Å². The molecule has 1 unspecified atom stereocenters. The van der Waals surface area contributed by atoms with E-state index in [0.717, 1.165) is 24.8 Å². The zero-order chi connectivity index (χ0) is 14.2. The van der Waals surface area contributed by atoms with Crippen LogP contribution in [0.5, 0.6) is 0 Å². The number of carbonyl (C=O) groups excluding carboxylic acids is 2. The quantitative estimate of drug-likeness (QED) is 0.880. The Morgan fingerprint density at radius 1 is 1.35 bits per heavy atom. The Balaban J connectivity index is 1.69. The number of aromatic nitrogens is 1. The number of carbonyl (C=O) groups is 2. The highest BCUT2D eigenvalue weighted by Crippen LogP contribution is 2.41. The molecule has 106 valence electrons. The lowest BCUT2D eigenvalue weighted by Crippen LogP contribution is -2.66. The van der Waals surface area contributed by atoms with Gasteiger partial charge in [-0.3, -0.25) is 14.6 Å². The average molecular weight is 273 g/mol. The molecular formula is C15H19N3O2. The van der Waals surface area contributed by atoms with Crippen molar-refractivity contribution in [1.29, 1.82) is 0 Å². The second-order valence-corrected chi connectivity index (χ2v) is 5.86. The van der Waals surface area contributed by atoms with Gasteiger partial charge in [0.2, 0.25) is 11.8 Å². The Labute approximate surface area is 118 Å². The van der Waals surface area contributed by atoms with E-state index in [1.54, 1.807) is 17.3 Å². The topological polar surface area (TPSA) is 62.3 Å². The van der Waals surface area contributed by atoms with E-state index in [9.17, 15) is 9.59 Å². The molecular weight excluding hydrogens is 254 g/mol. The third-order valence-electron chi connectivity index (χ3n) is 4.28. The Bertz CT molecular complexity index is 527. The standard InChI is InChI=1S/C15H19N3O2/c1-15(12-2-3-12)14(20)18(10-13(19)17-15)9-6-11-4-7-16-8-5-11/h4-5,7-8,12H,2-3,6,9-10H2,1H3,(H,17,19). The molecule has 1 atom stereocenters. The lowest BCUT2D eigenvalue weighted by Gasteiger charge is -2.40. The molecule has 1 saturated heterocycles. The van der Waals surface area contributed by atoms with Gasteiger partial charge >= 0.3 is 0 Å². The summed E-state index contributed by atoms with van der Waals surface area (Å²) in [5.74, 6) is 0.324. The number of nitrogens with zero attached hydrogens (tertiary/aromatic N) is 2. The average Bonchev–Trinajstić information content (AvgIpc) is 3.27.